The minimum Gasteiger partial charge on any atom is -0.488 e. The number of hydrogen-bond acceptors (Lipinski definition) is 2. The molecule has 0 amide bonds. The summed E-state index contributed by atoms with van der Waals surface area (Å²) in [6, 6.07) is 12.7. The van der Waals surface area contributed by atoms with Crippen LogP contribution in [-0.4, -0.2) is 6.54 Å². The molecule has 0 saturated carbocycles. The van der Waals surface area contributed by atoms with E-state index in [1.807, 2.05) is 12.1 Å². The van der Waals surface area contributed by atoms with Gasteiger partial charge >= 0.3 is 0 Å². The lowest BCUT2D eigenvalue weighted by Gasteiger charge is -2.09. The van der Waals surface area contributed by atoms with Crippen LogP contribution in [0.15, 0.2) is 46.9 Å². The zero-order valence-corrected chi connectivity index (χ0v) is 12.9. The van der Waals surface area contributed by atoms with Crippen LogP contribution in [-0.2, 0) is 13.2 Å². The van der Waals surface area contributed by atoms with Crippen LogP contribution in [0.4, 0.5) is 4.39 Å². The first-order valence-corrected chi connectivity index (χ1v) is 7.34. The van der Waals surface area contributed by atoms with Gasteiger partial charge in [0.2, 0.25) is 0 Å². The summed E-state index contributed by atoms with van der Waals surface area (Å²) < 4.78 is 19.3. The number of benzene rings is 2. The lowest BCUT2D eigenvalue weighted by atomic mass is 10.1. The molecule has 2 rings (SSSR count). The average molecular weight is 338 g/mol. The molecule has 0 spiro atoms. The van der Waals surface area contributed by atoms with Crippen LogP contribution in [0.3, 0.4) is 0 Å². The largest absolute Gasteiger partial charge is 0.488 e. The topological polar surface area (TPSA) is 21.3 Å². The minimum atomic E-state index is -0.281. The molecule has 0 radical (unpaired) electrons. The first-order chi connectivity index (χ1) is 9.69. The van der Waals surface area contributed by atoms with Crippen LogP contribution in [0.25, 0.3) is 0 Å². The zero-order valence-electron chi connectivity index (χ0n) is 11.3. The van der Waals surface area contributed by atoms with E-state index >= 15 is 0 Å². The van der Waals surface area contributed by atoms with Crippen molar-refractivity contribution in [3.63, 3.8) is 0 Å². The number of ether oxygens (including phenoxy) is 1. The fourth-order valence-corrected chi connectivity index (χ4v) is 2.24. The Kier molecular flexibility index (Phi) is 5.56. The van der Waals surface area contributed by atoms with Gasteiger partial charge in [-0.05, 0) is 51.8 Å². The zero-order chi connectivity index (χ0) is 14.4. The van der Waals surface area contributed by atoms with Crippen molar-refractivity contribution >= 4 is 15.9 Å². The molecule has 0 fully saturated rings. The van der Waals surface area contributed by atoms with Gasteiger partial charge in [0, 0.05) is 6.54 Å². The highest BCUT2D eigenvalue weighted by Gasteiger charge is 2.03. The summed E-state index contributed by atoms with van der Waals surface area (Å²) in [5.74, 6) is 0.361. The van der Waals surface area contributed by atoms with E-state index in [4.69, 9.17) is 4.74 Å². The monoisotopic (exact) mass is 337 g/mol. The Morgan fingerprint density at radius 3 is 2.45 bits per heavy atom. The number of nitrogens with one attached hydrogen (secondary N) is 1. The van der Waals surface area contributed by atoms with E-state index in [1.165, 1.54) is 17.7 Å². The van der Waals surface area contributed by atoms with Gasteiger partial charge in [0.05, 0.1) is 4.47 Å². The Balaban J connectivity index is 1.93. The second-order valence-corrected chi connectivity index (χ2v) is 5.31. The Bertz CT molecular complexity index is 557. The maximum atomic E-state index is 13.0. The summed E-state index contributed by atoms with van der Waals surface area (Å²) >= 11 is 3.29. The highest BCUT2D eigenvalue weighted by Crippen LogP contribution is 2.26. The minimum absolute atomic E-state index is 0.281. The molecule has 0 heterocycles. The predicted octanol–water partition coefficient (Wildman–Crippen LogP) is 4.28. The molecule has 1 N–H and O–H groups in total. The normalized spacial score (nSPS) is 10.6. The molecule has 0 aromatic heterocycles. The smallest absolute Gasteiger partial charge is 0.134 e. The highest BCUT2D eigenvalue weighted by molar-refractivity contribution is 9.10. The van der Waals surface area contributed by atoms with E-state index in [1.54, 1.807) is 6.07 Å². The fraction of sp³-hybridized carbons (Fsp3) is 0.250. The maximum Gasteiger partial charge on any atom is 0.134 e. The summed E-state index contributed by atoms with van der Waals surface area (Å²) in [6.45, 7) is 4.39. The van der Waals surface area contributed by atoms with Crippen LogP contribution in [0, 0.1) is 5.82 Å². The van der Waals surface area contributed by atoms with Crippen LogP contribution in [0.5, 0.6) is 5.75 Å². The first kappa shape index (κ1) is 15.0. The number of hydrogen-bond donors (Lipinski definition) is 1. The second-order valence-electron chi connectivity index (χ2n) is 4.46. The summed E-state index contributed by atoms with van der Waals surface area (Å²) in [7, 11) is 0. The van der Waals surface area contributed by atoms with Crippen LogP contribution >= 0.6 is 15.9 Å². The van der Waals surface area contributed by atoms with Crippen molar-refractivity contribution in [3.8, 4) is 5.75 Å². The van der Waals surface area contributed by atoms with E-state index in [9.17, 15) is 4.39 Å². The van der Waals surface area contributed by atoms with Crippen molar-refractivity contribution in [2.45, 2.75) is 20.1 Å². The van der Waals surface area contributed by atoms with E-state index in [-0.39, 0.29) is 5.82 Å². The average Bonchev–Trinajstić information content (AvgIpc) is 2.45. The van der Waals surface area contributed by atoms with E-state index in [0.29, 0.717) is 16.8 Å². The van der Waals surface area contributed by atoms with E-state index in [0.717, 1.165) is 18.7 Å². The molecule has 20 heavy (non-hydrogen) atoms. The lowest BCUT2D eigenvalue weighted by molar-refractivity contribution is 0.303. The maximum absolute atomic E-state index is 13.0. The molecule has 0 aliphatic heterocycles. The Morgan fingerprint density at radius 2 is 1.80 bits per heavy atom. The van der Waals surface area contributed by atoms with Crippen molar-refractivity contribution in [1.82, 2.24) is 5.32 Å². The lowest BCUT2D eigenvalue weighted by Crippen LogP contribution is -2.11. The van der Waals surface area contributed by atoms with Crippen LogP contribution < -0.4 is 10.1 Å². The third kappa shape index (κ3) is 4.32. The van der Waals surface area contributed by atoms with Crippen molar-refractivity contribution in [2.24, 2.45) is 0 Å². The molecule has 0 unspecified atom stereocenters. The third-order valence-corrected chi connectivity index (χ3v) is 3.51. The molecule has 2 aromatic carbocycles. The Hall–Kier alpha value is -1.39. The number of halogens is 2. The van der Waals surface area contributed by atoms with E-state index in [2.05, 4.69) is 40.3 Å². The van der Waals surface area contributed by atoms with Crippen molar-refractivity contribution in [1.29, 1.82) is 0 Å². The van der Waals surface area contributed by atoms with Gasteiger partial charge in [0.15, 0.2) is 0 Å². The summed E-state index contributed by atoms with van der Waals surface area (Å²) in [4.78, 5) is 0. The standard InChI is InChI=1S/C16H17BrFNO/c1-2-19-10-12-3-5-13(6-4-12)11-20-16-8-7-14(18)9-15(16)17/h3-9,19H,2,10-11H2,1H3. The van der Waals surface area contributed by atoms with Crippen molar-refractivity contribution in [2.75, 3.05) is 6.54 Å². The summed E-state index contributed by atoms with van der Waals surface area (Å²) in [6.07, 6.45) is 0. The third-order valence-electron chi connectivity index (χ3n) is 2.89. The van der Waals surface area contributed by atoms with E-state index < -0.39 is 0 Å². The summed E-state index contributed by atoms with van der Waals surface area (Å²) in [5, 5.41) is 3.28. The van der Waals surface area contributed by atoms with Gasteiger partial charge in [-0.1, -0.05) is 31.2 Å². The van der Waals surface area contributed by atoms with Crippen molar-refractivity contribution < 1.29 is 9.13 Å². The van der Waals surface area contributed by atoms with Gasteiger partial charge in [0.25, 0.3) is 0 Å². The molecular formula is C16H17BrFNO. The molecule has 0 saturated heterocycles. The van der Waals surface area contributed by atoms with Gasteiger partial charge in [-0.25, -0.2) is 4.39 Å². The molecule has 2 aromatic rings. The van der Waals surface area contributed by atoms with Gasteiger partial charge in [-0.15, -0.1) is 0 Å². The highest BCUT2D eigenvalue weighted by atomic mass is 79.9. The van der Waals surface area contributed by atoms with Gasteiger partial charge in [-0.3, -0.25) is 0 Å². The molecule has 0 aliphatic rings. The van der Waals surface area contributed by atoms with Gasteiger partial charge in [-0.2, -0.15) is 0 Å². The Labute approximate surface area is 127 Å². The Morgan fingerprint density at radius 1 is 1.10 bits per heavy atom. The molecule has 106 valence electrons. The summed E-state index contributed by atoms with van der Waals surface area (Å²) in [5.41, 5.74) is 2.33. The van der Waals surface area contributed by atoms with Gasteiger partial charge in [0.1, 0.15) is 18.2 Å². The SMILES string of the molecule is CCNCc1ccc(COc2ccc(F)cc2Br)cc1. The second kappa shape index (κ2) is 7.41. The molecular weight excluding hydrogens is 321 g/mol. The molecule has 0 aliphatic carbocycles. The molecule has 2 nitrogen and oxygen atoms in total. The number of rotatable bonds is 6. The van der Waals surface area contributed by atoms with Gasteiger partial charge < -0.3 is 10.1 Å². The molecule has 0 bridgehead atoms. The van der Waals surface area contributed by atoms with Crippen LogP contribution in [0.1, 0.15) is 18.1 Å². The fourth-order valence-electron chi connectivity index (χ4n) is 1.78. The van der Waals surface area contributed by atoms with Crippen LogP contribution in [0.2, 0.25) is 0 Å². The quantitative estimate of drug-likeness (QED) is 0.849. The van der Waals surface area contributed by atoms with Crippen molar-refractivity contribution in [3.05, 3.63) is 63.9 Å². The molecule has 0 atom stereocenters. The molecule has 4 heteroatoms. The predicted molar refractivity (Wildman–Crippen MR) is 82.3 cm³/mol. The first-order valence-electron chi connectivity index (χ1n) is 6.55.